The third kappa shape index (κ3) is 17.9. The maximum Gasteiger partial charge on any atom is 0.0459 e. The van der Waals surface area contributed by atoms with E-state index >= 15 is 0 Å². The van der Waals surface area contributed by atoms with Gasteiger partial charge in [-0.25, -0.2) is 0 Å². The molecule has 2 N–H and O–H groups in total. The second-order valence-corrected chi connectivity index (χ2v) is 2.68. The van der Waals surface area contributed by atoms with Crippen LogP contribution in [0.25, 0.3) is 0 Å². The summed E-state index contributed by atoms with van der Waals surface area (Å²) in [7, 11) is 0. The zero-order valence-corrected chi connectivity index (χ0v) is 6.71. The van der Waals surface area contributed by atoms with Crippen LogP contribution in [0, 0.1) is 5.92 Å². The van der Waals surface area contributed by atoms with Gasteiger partial charge in [0.25, 0.3) is 0 Å². The molecule has 94 valence electrons. The van der Waals surface area contributed by atoms with Gasteiger partial charge in [0, 0.05) is 13.2 Å². The summed E-state index contributed by atoms with van der Waals surface area (Å²) in [5, 5.41) is 17.2. The molecule has 0 aliphatic carbocycles. The molecule has 2 nitrogen and oxygen atoms in total. The third-order valence-corrected chi connectivity index (χ3v) is 1.86. The van der Waals surface area contributed by atoms with E-state index < -0.39 is 0 Å². The van der Waals surface area contributed by atoms with E-state index in [1.165, 1.54) is 0 Å². The fourth-order valence-electron chi connectivity index (χ4n) is 0.969. The van der Waals surface area contributed by atoms with Crippen LogP contribution in [0.1, 0.15) is 62.3 Å². The average molecular weight is 210 g/mol. The van der Waals surface area contributed by atoms with Crippen LogP contribution in [0.5, 0.6) is 0 Å². The molecular formula is C12H34O2. The maximum absolute atomic E-state index is 8.76. The third-order valence-electron chi connectivity index (χ3n) is 1.86. The fraction of sp³-hybridized carbons (Fsp3) is 1.00. The van der Waals surface area contributed by atoms with Crippen molar-refractivity contribution in [2.75, 3.05) is 13.2 Å². The summed E-state index contributed by atoms with van der Waals surface area (Å²) >= 11 is 0. The minimum atomic E-state index is 0. The molecule has 14 heavy (non-hydrogen) atoms. The highest BCUT2D eigenvalue weighted by atomic mass is 16.3. The van der Waals surface area contributed by atoms with Gasteiger partial charge in [-0.05, 0) is 18.8 Å². The molecule has 2 heteroatoms. The fourth-order valence-corrected chi connectivity index (χ4v) is 0.969. The first-order chi connectivity index (χ1) is 4.85. The van der Waals surface area contributed by atoms with Crippen LogP contribution in [0.15, 0.2) is 0 Å². The molecule has 0 bridgehead atoms. The smallest absolute Gasteiger partial charge is 0.0459 e. The zero-order valence-electron chi connectivity index (χ0n) is 6.71. The molecule has 0 fully saturated rings. The highest BCUT2D eigenvalue weighted by molar-refractivity contribution is 4.54. The van der Waals surface area contributed by atoms with Gasteiger partial charge in [0.2, 0.25) is 0 Å². The number of rotatable bonds is 6. The van der Waals surface area contributed by atoms with Crippen LogP contribution < -0.4 is 0 Å². The van der Waals surface area contributed by atoms with Crippen LogP contribution >= 0.6 is 0 Å². The Morgan fingerprint density at radius 2 is 1.43 bits per heavy atom. The van der Waals surface area contributed by atoms with Crippen LogP contribution in [0.4, 0.5) is 0 Å². The van der Waals surface area contributed by atoms with Gasteiger partial charge in [-0.15, -0.1) is 0 Å². The summed E-state index contributed by atoms with van der Waals surface area (Å²) in [5.74, 6) is 0.451. The summed E-state index contributed by atoms with van der Waals surface area (Å²) in [4.78, 5) is 0. The highest BCUT2D eigenvalue weighted by Gasteiger charge is 2.02. The molecule has 0 saturated carbocycles. The Hall–Kier alpha value is -0.0800. The first kappa shape index (κ1) is 29.2. The summed E-state index contributed by atoms with van der Waals surface area (Å²) in [6, 6.07) is 0. The molecule has 0 rings (SSSR count). The molecule has 0 aromatic heterocycles. The molecule has 0 heterocycles. The second-order valence-electron chi connectivity index (χ2n) is 2.68. The molecule has 0 spiro atoms. The summed E-state index contributed by atoms with van der Waals surface area (Å²) in [6.07, 6.45) is 4.00. The van der Waals surface area contributed by atoms with E-state index in [0.29, 0.717) is 12.5 Å². The standard InChI is InChI=1S/C8H18O2.4CH4/c1-2-8(7-10)5-3-4-6-9;;;;/h8-10H,2-7H2,1H3;4*1H4. The van der Waals surface area contributed by atoms with Gasteiger partial charge in [0.1, 0.15) is 0 Å². The van der Waals surface area contributed by atoms with Crippen LogP contribution in [-0.2, 0) is 0 Å². The summed E-state index contributed by atoms with van der Waals surface area (Å²) in [5.41, 5.74) is 0. The van der Waals surface area contributed by atoms with Gasteiger partial charge < -0.3 is 10.2 Å². The zero-order chi connectivity index (χ0) is 7.82. The number of hydrogen-bond donors (Lipinski definition) is 2. The molecule has 0 aliphatic rings. The summed E-state index contributed by atoms with van der Waals surface area (Å²) in [6.45, 7) is 2.66. The molecule has 0 aliphatic heterocycles. The van der Waals surface area contributed by atoms with E-state index in [0.717, 1.165) is 25.7 Å². The van der Waals surface area contributed by atoms with Gasteiger partial charge in [-0.2, -0.15) is 0 Å². The Morgan fingerprint density at radius 3 is 1.71 bits per heavy atom. The Labute approximate surface area is 92.4 Å². The van der Waals surface area contributed by atoms with Crippen molar-refractivity contribution < 1.29 is 10.2 Å². The molecular weight excluding hydrogens is 176 g/mol. The van der Waals surface area contributed by atoms with E-state index in [2.05, 4.69) is 6.92 Å². The van der Waals surface area contributed by atoms with Gasteiger partial charge in [-0.3, -0.25) is 0 Å². The predicted molar refractivity (Wildman–Crippen MR) is 68.7 cm³/mol. The lowest BCUT2D eigenvalue weighted by molar-refractivity contribution is 0.206. The minimum Gasteiger partial charge on any atom is -0.396 e. The molecule has 0 aromatic rings. The largest absolute Gasteiger partial charge is 0.396 e. The number of aliphatic hydroxyl groups excluding tert-OH is 2. The van der Waals surface area contributed by atoms with Crippen molar-refractivity contribution in [2.24, 2.45) is 5.92 Å². The molecule has 0 amide bonds. The lowest BCUT2D eigenvalue weighted by atomic mass is 10.0. The van der Waals surface area contributed by atoms with E-state index in [1.54, 1.807) is 0 Å². The molecule has 0 aromatic carbocycles. The van der Waals surface area contributed by atoms with E-state index in [4.69, 9.17) is 10.2 Å². The number of unbranched alkanes of at least 4 members (excludes halogenated alkanes) is 1. The van der Waals surface area contributed by atoms with Gasteiger partial charge in [-0.1, -0.05) is 49.5 Å². The topological polar surface area (TPSA) is 40.5 Å². The second kappa shape index (κ2) is 23.1. The molecule has 1 atom stereocenters. The maximum atomic E-state index is 8.76. The van der Waals surface area contributed by atoms with Gasteiger partial charge >= 0.3 is 0 Å². The first-order valence-electron chi connectivity index (χ1n) is 4.06. The van der Waals surface area contributed by atoms with Crippen molar-refractivity contribution in [1.82, 2.24) is 0 Å². The lowest BCUT2D eigenvalue weighted by Gasteiger charge is -2.09. The number of hydrogen-bond acceptors (Lipinski definition) is 2. The average Bonchev–Trinajstić information content (AvgIpc) is 1.99. The molecule has 1 unspecified atom stereocenters. The lowest BCUT2D eigenvalue weighted by Crippen LogP contribution is -2.04. The van der Waals surface area contributed by atoms with E-state index in [1.807, 2.05) is 0 Å². The van der Waals surface area contributed by atoms with Crippen molar-refractivity contribution in [3.05, 3.63) is 0 Å². The Morgan fingerprint density at radius 1 is 0.929 bits per heavy atom. The van der Waals surface area contributed by atoms with Gasteiger partial charge in [0.05, 0.1) is 0 Å². The Bertz CT molecular complexity index is 61.3. The first-order valence-corrected chi connectivity index (χ1v) is 4.06. The molecule has 0 radical (unpaired) electrons. The molecule has 0 saturated heterocycles. The van der Waals surface area contributed by atoms with Crippen molar-refractivity contribution in [2.45, 2.75) is 62.3 Å². The predicted octanol–water partition coefficient (Wildman–Crippen LogP) is 3.71. The van der Waals surface area contributed by atoms with Crippen LogP contribution in [0.3, 0.4) is 0 Å². The van der Waals surface area contributed by atoms with Crippen molar-refractivity contribution in [3.63, 3.8) is 0 Å². The van der Waals surface area contributed by atoms with Crippen LogP contribution in [0.2, 0.25) is 0 Å². The summed E-state index contributed by atoms with van der Waals surface area (Å²) < 4.78 is 0. The number of aliphatic hydroxyl groups is 2. The normalized spacial score (nSPS) is 9.64. The Balaban J connectivity index is -0.0000000675. The van der Waals surface area contributed by atoms with Crippen molar-refractivity contribution >= 4 is 0 Å². The monoisotopic (exact) mass is 210 g/mol. The Kier molecular flexibility index (Phi) is 48.1. The van der Waals surface area contributed by atoms with Crippen molar-refractivity contribution in [3.8, 4) is 0 Å². The van der Waals surface area contributed by atoms with Crippen molar-refractivity contribution in [1.29, 1.82) is 0 Å². The quantitative estimate of drug-likeness (QED) is 0.656. The van der Waals surface area contributed by atoms with E-state index in [9.17, 15) is 0 Å². The highest BCUT2D eigenvalue weighted by Crippen LogP contribution is 2.10. The SMILES string of the molecule is C.C.C.C.CCC(CO)CCCCO. The van der Waals surface area contributed by atoms with Gasteiger partial charge in [0.15, 0.2) is 0 Å². The van der Waals surface area contributed by atoms with Crippen LogP contribution in [-0.4, -0.2) is 23.4 Å². The minimum absolute atomic E-state index is 0. The van der Waals surface area contributed by atoms with E-state index in [-0.39, 0.29) is 36.3 Å².